The van der Waals surface area contributed by atoms with Crippen LogP contribution in [0, 0.1) is 11.3 Å². The Morgan fingerprint density at radius 1 is 1.30 bits per heavy atom. The van der Waals surface area contributed by atoms with Crippen molar-refractivity contribution >= 4 is 27.5 Å². The summed E-state index contributed by atoms with van der Waals surface area (Å²) < 4.78 is 44.5. The van der Waals surface area contributed by atoms with Gasteiger partial charge in [0.1, 0.15) is 5.75 Å². The number of nitriles is 1. The molecule has 0 aliphatic rings. The number of halogens is 4. The van der Waals surface area contributed by atoms with E-state index in [2.05, 4.69) is 31.1 Å². The summed E-state index contributed by atoms with van der Waals surface area (Å²) in [6, 6.07) is 8.86. The first-order chi connectivity index (χ1) is 14.2. The van der Waals surface area contributed by atoms with Crippen molar-refractivity contribution in [2.24, 2.45) is 0 Å². The lowest BCUT2D eigenvalue weighted by molar-refractivity contribution is -0.274. The van der Waals surface area contributed by atoms with Crippen LogP contribution in [0.25, 0.3) is 5.65 Å². The molecule has 2 aromatic heterocycles. The Balaban J connectivity index is 1.78. The van der Waals surface area contributed by atoms with Gasteiger partial charge in [-0.1, -0.05) is 22.0 Å². The van der Waals surface area contributed by atoms with Gasteiger partial charge in [-0.25, -0.2) is 13.9 Å². The van der Waals surface area contributed by atoms with Crippen molar-refractivity contribution in [3.63, 3.8) is 0 Å². The number of ether oxygens (including phenoxy) is 1. The number of fused-ring (bicyclic) bond motifs is 1. The van der Waals surface area contributed by atoms with Gasteiger partial charge >= 0.3 is 12.1 Å². The van der Waals surface area contributed by atoms with E-state index in [0.29, 0.717) is 10.1 Å². The minimum Gasteiger partial charge on any atom is -0.405 e. The molecule has 0 aliphatic carbocycles. The van der Waals surface area contributed by atoms with Crippen LogP contribution in [-0.2, 0) is 13.1 Å². The highest BCUT2D eigenvalue weighted by atomic mass is 79.9. The number of hydrogen-bond acceptors (Lipinski definition) is 5. The number of carbonyl (C=O) groups excluding carboxylic acids is 1. The summed E-state index contributed by atoms with van der Waals surface area (Å²) in [6.07, 6.45) is -3.50. The first-order valence-electron chi connectivity index (χ1n) is 8.46. The minimum atomic E-state index is -4.88. The van der Waals surface area contributed by atoms with E-state index >= 15 is 0 Å². The standard InChI is InChI=1S/C18H13BrF3N5O3/c19-13-4-2-11(14(8-13)30-18(20,21)22)9-24-16(28)12-3-5-15-25-27(7-1-6-23)17(29)26(15)10-12/h2-5,8,10H,1,7,9H2,(H,24,28). The molecule has 1 amide bonds. The number of nitrogens with one attached hydrogen (secondary N) is 1. The van der Waals surface area contributed by atoms with E-state index in [4.69, 9.17) is 5.26 Å². The number of hydrogen-bond donors (Lipinski definition) is 1. The molecule has 0 unspecified atom stereocenters. The molecular formula is C18H13BrF3N5O3. The first kappa shape index (κ1) is 21.4. The van der Waals surface area contributed by atoms with Crippen LogP contribution < -0.4 is 15.7 Å². The highest BCUT2D eigenvalue weighted by molar-refractivity contribution is 9.10. The summed E-state index contributed by atoms with van der Waals surface area (Å²) in [5, 5.41) is 15.2. The molecule has 0 atom stereocenters. The molecule has 0 saturated heterocycles. The second-order valence-corrected chi connectivity index (χ2v) is 6.96. The number of aryl methyl sites for hydroxylation is 1. The predicted octanol–water partition coefficient (Wildman–Crippen LogP) is 3.00. The Hall–Kier alpha value is -3.33. The van der Waals surface area contributed by atoms with Crippen molar-refractivity contribution in [1.82, 2.24) is 19.5 Å². The van der Waals surface area contributed by atoms with Crippen molar-refractivity contribution in [1.29, 1.82) is 5.26 Å². The van der Waals surface area contributed by atoms with Crippen LogP contribution in [0.5, 0.6) is 5.75 Å². The van der Waals surface area contributed by atoms with Crippen LogP contribution in [0.4, 0.5) is 13.2 Å². The average Bonchev–Trinajstić information content (AvgIpc) is 2.99. The highest BCUT2D eigenvalue weighted by Crippen LogP contribution is 2.29. The number of amides is 1. The topological polar surface area (TPSA) is 101 Å². The molecule has 12 heteroatoms. The molecule has 30 heavy (non-hydrogen) atoms. The molecule has 0 fully saturated rings. The molecule has 156 valence electrons. The third kappa shape index (κ3) is 4.98. The zero-order valence-corrected chi connectivity index (χ0v) is 16.7. The molecule has 0 saturated carbocycles. The monoisotopic (exact) mass is 483 g/mol. The molecule has 1 aromatic carbocycles. The van der Waals surface area contributed by atoms with Gasteiger partial charge in [-0.15, -0.1) is 18.3 Å². The van der Waals surface area contributed by atoms with Crippen molar-refractivity contribution in [3.05, 3.63) is 62.6 Å². The van der Waals surface area contributed by atoms with Crippen molar-refractivity contribution in [2.75, 3.05) is 0 Å². The lowest BCUT2D eigenvalue weighted by atomic mass is 10.2. The second kappa shape index (κ2) is 8.58. The predicted molar refractivity (Wildman–Crippen MR) is 102 cm³/mol. The summed E-state index contributed by atoms with van der Waals surface area (Å²) >= 11 is 3.08. The Bertz CT molecular complexity index is 1200. The van der Waals surface area contributed by atoms with Crippen LogP contribution in [0.1, 0.15) is 22.3 Å². The van der Waals surface area contributed by atoms with Gasteiger partial charge in [0.15, 0.2) is 5.65 Å². The summed E-state index contributed by atoms with van der Waals surface area (Å²) in [6.45, 7) is -0.115. The van der Waals surface area contributed by atoms with Crippen LogP contribution in [0.2, 0.25) is 0 Å². The largest absolute Gasteiger partial charge is 0.573 e. The third-order valence-electron chi connectivity index (χ3n) is 3.97. The maximum atomic E-state index is 12.6. The summed E-state index contributed by atoms with van der Waals surface area (Å²) in [4.78, 5) is 24.7. The third-order valence-corrected chi connectivity index (χ3v) is 4.46. The number of aromatic nitrogens is 3. The minimum absolute atomic E-state index is 0.104. The van der Waals surface area contributed by atoms with Crippen LogP contribution in [0.15, 0.2) is 45.8 Å². The Morgan fingerprint density at radius 3 is 2.77 bits per heavy atom. The van der Waals surface area contributed by atoms with Gasteiger partial charge in [-0.2, -0.15) is 5.26 Å². The van der Waals surface area contributed by atoms with E-state index in [-0.39, 0.29) is 30.6 Å². The fourth-order valence-corrected chi connectivity index (χ4v) is 2.97. The Labute approximate surface area is 175 Å². The maximum absolute atomic E-state index is 12.6. The van der Waals surface area contributed by atoms with E-state index in [0.717, 1.165) is 15.1 Å². The van der Waals surface area contributed by atoms with Gasteiger partial charge in [-0.3, -0.25) is 4.79 Å². The van der Waals surface area contributed by atoms with Gasteiger partial charge in [0.05, 0.1) is 24.6 Å². The van der Waals surface area contributed by atoms with E-state index in [1.54, 1.807) is 0 Å². The molecule has 0 spiro atoms. The van der Waals surface area contributed by atoms with E-state index in [9.17, 15) is 22.8 Å². The number of alkyl halides is 3. The van der Waals surface area contributed by atoms with Gasteiger partial charge in [0, 0.05) is 22.8 Å². The van der Waals surface area contributed by atoms with Crippen LogP contribution >= 0.6 is 15.9 Å². The average molecular weight is 484 g/mol. The zero-order chi connectivity index (χ0) is 21.9. The molecule has 2 heterocycles. The maximum Gasteiger partial charge on any atom is 0.573 e. The molecule has 0 bridgehead atoms. The molecule has 0 aliphatic heterocycles. The summed E-state index contributed by atoms with van der Waals surface area (Å²) in [5.74, 6) is -1.04. The van der Waals surface area contributed by atoms with E-state index < -0.39 is 23.7 Å². The fourth-order valence-electron chi connectivity index (χ4n) is 2.63. The smallest absolute Gasteiger partial charge is 0.405 e. The number of pyridine rings is 1. The SMILES string of the molecule is N#CCCn1nc2ccc(C(=O)NCc3ccc(Br)cc3OC(F)(F)F)cn2c1=O. The van der Waals surface area contributed by atoms with E-state index in [1.165, 1.54) is 30.5 Å². The lowest BCUT2D eigenvalue weighted by Crippen LogP contribution is -2.26. The Kier molecular flexibility index (Phi) is 6.12. The van der Waals surface area contributed by atoms with E-state index in [1.807, 2.05) is 6.07 Å². The molecule has 8 nitrogen and oxygen atoms in total. The molecule has 3 aromatic rings. The number of benzene rings is 1. The number of rotatable bonds is 6. The van der Waals surface area contributed by atoms with Crippen LogP contribution in [-0.4, -0.2) is 26.5 Å². The number of nitrogens with zero attached hydrogens (tertiary/aromatic N) is 4. The number of carbonyl (C=O) groups is 1. The van der Waals surface area contributed by atoms with Crippen LogP contribution in [0.3, 0.4) is 0 Å². The van der Waals surface area contributed by atoms with Crippen molar-refractivity contribution < 1.29 is 22.7 Å². The second-order valence-electron chi connectivity index (χ2n) is 6.04. The molecule has 3 rings (SSSR count). The van der Waals surface area contributed by atoms with Gasteiger partial charge < -0.3 is 10.1 Å². The Morgan fingerprint density at radius 2 is 2.07 bits per heavy atom. The molecule has 0 radical (unpaired) electrons. The quantitative estimate of drug-likeness (QED) is 0.580. The van der Waals surface area contributed by atoms with Gasteiger partial charge in [-0.05, 0) is 24.3 Å². The zero-order valence-electron chi connectivity index (χ0n) is 15.1. The first-order valence-corrected chi connectivity index (χ1v) is 9.26. The molecular weight excluding hydrogens is 471 g/mol. The lowest BCUT2D eigenvalue weighted by Gasteiger charge is -2.14. The van der Waals surface area contributed by atoms with Gasteiger partial charge in [0.25, 0.3) is 5.91 Å². The summed E-state index contributed by atoms with van der Waals surface area (Å²) in [5.41, 5.74) is 0.0122. The molecule has 1 N–H and O–H groups in total. The highest BCUT2D eigenvalue weighted by Gasteiger charge is 2.32. The normalized spacial score (nSPS) is 11.3. The fraction of sp³-hybridized carbons (Fsp3) is 0.222. The van der Waals surface area contributed by atoms with Crippen molar-refractivity contribution in [3.8, 4) is 11.8 Å². The summed E-state index contributed by atoms with van der Waals surface area (Å²) in [7, 11) is 0. The van der Waals surface area contributed by atoms with Crippen molar-refractivity contribution in [2.45, 2.75) is 25.9 Å². The van der Waals surface area contributed by atoms with Gasteiger partial charge in [0.2, 0.25) is 0 Å².